The van der Waals surface area contributed by atoms with Crippen molar-refractivity contribution >= 4 is 12.0 Å². The zero-order chi connectivity index (χ0) is 31.0. The van der Waals surface area contributed by atoms with Crippen LogP contribution in [-0.2, 0) is 46.6 Å². The van der Waals surface area contributed by atoms with Crippen LogP contribution in [-0.4, -0.2) is 86.6 Å². The number of aliphatic hydroxyl groups excluding tert-OH is 1. The second-order valence-corrected chi connectivity index (χ2v) is 12.1. The maximum atomic E-state index is 12.4. The first-order chi connectivity index (χ1) is 21.6. The molecule has 0 bridgehead atoms. The molecule has 0 saturated heterocycles. The molecule has 1 saturated carbocycles. The molecule has 2 amide bonds. The number of nitrogens with one attached hydrogen (secondary N) is 2. The summed E-state index contributed by atoms with van der Waals surface area (Å²) in [4.78, 5) is 24.3. The Bertz CT molecular complexity index is 1140. The van der Waals surface area contributed by atoms with E-state index in [0.29, 0.717) is 50.5 Å². The van der Waals surface area contributed by atoms with Gasteiger partial charge in [0.15, 0.2) is 0 Å². The third-order valence-electron chi connectivity index (χ3n) is 8.80. The zero-order valence-electron chi connectivity index (χ0n) is 26.4. The van der Waals surface area contributed by atoms with Gasteiger partial charge in [-0.05, 0) is 69.1 Å². The highest BCUT2D eigenvalue weighted by Gasteiger charge is 2.50. The highest BCUT2D eigenvalue weighted by molar-refractivity contribution is 5.75. The number of hydrogen-bond acceptors (Lipinski definition) is 9. The zero-order valence-corrected chi connectivity index (χ0v) is 26.4. The Morgan fingerprint density at radius 2 is 1.80 bits per heavy atom. The van der Waals surface area contributed by atoms with E-state index in [-0.39, 0.29) is 19.1 Å². The van der Waals surface area contributed by atoms with E-state index in [2.05, 4.69) is 38.2 Å². The summed E-state index contributed by atoms with van der Waals surface area (Å²) < 4.78 is 14.5. The summed E-state index contributed by atoms with van der Waals surface area (Å²) >= 11 is 0. The van der Waals surface area contributed by atoms with Crippen molar-refractivity contribution in [2.75, 3.05) is 39.5 Å². The van der Waals surface area contributed by atoms with Crippen molar-refractivity contribution in [3.63, 3.8) is 0 Å². The number of fused-ring (bicyclic) bond motifs is 2. The molecule has 44 heavy (non-hydrogen) atoms. The van der Waals surface area contributed by atoms with E-state index in [0.717, 1.165) is 75.8 Å². The van der Waals surface area contributed by atoms with Crippen molar-refractivity contribution in [2.24, 2.45) is 17.8 Å². The fraction of sp³-hybridized carbons (Fsp3) is 0.806. The summed E-state index contributed by atoms with van der Waals surface area (Å²) in [5.41, 5.74) is 3.23. The molecule has 246 valence electrons. The van der Waals surface area contributed by atoms with Gasteiger partial charge in [0.25, 0.3) is 0 Å². The van der Waals surface area contributed by atoms with Gasteiger partial charge < -0.3 is 25.2 Å². The SMILES string of the molecule is CCCCCCCn1cc(CCCC(=O)NCCCn2nnc3c2CCC2C(CC3)C2COC(=O)NCCOCCO)nn1. The lowest BCUT2D eigenvalue weighted by Crippen LogP contribution is -2.29. The smallest absolute Gasteiger partial charge is 0.407 e. The summed E-state index contributed by atoms with van der Waals surface area (Å²) in [5, 5.41) is 31.8. The van der Waals surface area contributed by atoms with Crippen LogP contribution in [0.25, 0.3) is 0 Å². The Kier molecular flexibility index (Phi) is 14.4. The van der Waals surface area contributed by atoms with Gasteiger partial charge in [-0.15, -0.1) is 10.2 Å². The average Bonchev–Trinajstić information content (AvgIpc) is 3.27. The summed E-state index contributed by atoms with van der Waals surface area (Å²) in [6.07, 6.45) is 14.5. The number of alkyl carbamates (subject to hydrolysis) is 1. The molecular weight excluding hydrogens is 564 g/mol. The van der Waals surface area contributed by atoms with Crippen LogP contribution in [0.15, 0.2) is 6.20 Å². The average molecular weight is 617 g/mol. The predicted molar refractivity (Wildman–Crippen MR) is 164 cm³/mol. The second-order valence-electron chi connectivity index (χ2n) is 12.1. The minimum Gasteiger partial charge on any atom is -0.449 e. The van der Waals surface area contributed by atoms with Crippen LogP contribution in [0.4, 0.5) is 4.79 Å². The number of rotatable bonds is 21. The molecule has 0 aromatic carbocycles. The Morgan fingerprint density at radius 3 is 2.64 bits per heavy atom. The molecule has 0 radical (unpaired) electrons. The lowest BCUT2D eigenvalue weighted by Gasteiger charge is -2.11. The van der Waals surface area contributed by atoms with Crippen molar-refractivity contribution in [1.82, 2.24) is 40.6 Å². The van der Waals surface area contributed by atoms with Gasteiger partial charge in [-0.2, -0.15) is 0 Å². The van der Waals surface area contributed by atoms with Crippen LogP contribution >= 0.6 is 0 Å². The van der Waals surface area contributed by atoms with Gasteiger partial charge in [-0.25, -0.2) is 9.48 Å². The first-order valence-electron chi connectivity index (χ1n) is 16.7. The normalized spacial score (nSPS) is 19.0. The number of aryl methyl sites for hydroxylation is 4. The minimum atomic E-state index is -0.419. The van der Waals surface area contributed by atoms with Crippen LogP contribution in [0, 0.1) is 17.8 Å². The molecule has 2 aliphatic rings. The lowest BCUT2D eigenvalue weighted by molar-refractivity contribution is -0.121. The fourth-order valence-electron chi connectivity index (χ4n) is 6.28. The van der Waals surface area contributed by atoms with Crippen molar-refractivity contribution in [2.45, 2.75) is 103 Å². The van der Waals surface area contributed by atoms with E-state index in [1.807, 2.05) is 15.6 Å². The first kappa shape index (κ1) is 33.8. The van der Waals surface area contributed by atoms with E-state index in [1.54, 1.807) is 0 Å². The van der Waals surface area contributed by atoms with E-state index in [1.165, 1.54) is 31.4 Å². The molecule has 1 fully saturated rings. The Labute approximate surface area is 260 Å². The Hall–Kier alpha value is -3.06. The molecule has 4 rings (SSSR count). The van der Waals surface area contributed by atoms with Gasteiger partial charge >= 0.3 is 6.09 Å². The number of hydrogen-bond donors (Lipinski definition) is 3. The molecule has 13 heteroatoms. The molecule has 3 atom stereocenters. The standard InChI is InChI=1S/C31H52N8O5/c1-2-3-4-5-6-17-38-22-24(34-36-38)9-7-10-30(41)32-15-8-18-39-29-14-12-26-25(11-13-28(29)35-37-39)27(26)23-44-31(42)33-16-20-43-21-19-40/h22,25-27,40H,2-21,23H2,1H3,(H,32,41)(H,33,42). The maximum absolute atomic E-state index is 12.4. The number of aromatic nitrogens is 6. The number of carbonyl (C=O) groups excluding carboxylic acids is 2. The third-order valence-corrected chi connectivity index (χ3v) is 8.80. The number of ether oxygens (including phenoxy) is 2. The van der Waals surface area contributed by atoms with Crippen LogP contribution < -0.4 is 10.6 Å². The topological polar surface area (TPSA) is 158 Å². The maximum Gasteiger partial charge on any atom is 0.407 e. The number of carbonyl (C=O) groups is 2. The van der Waals surface area contributed by atoms with Crippen LogP contribution in [0.1, 0.15) is 88.2 Å². The molecule has 0 aliphatic heterocycles. The quantitative estimate of drug-likeness (QED) is 0.179. The third kappa shape index (κ3) is 11.1. The first-order valence-corrected chi connectivity index (χ1v) is 16.7. The second kappa shape index (κ2) is 18.7. The number of amides is 2. The molecule has 3 N–H and O–H groups in total. The van der Waals surface area contributed by atoms with Gasteiger partial charge in [0, 0.05) is 38.8 Å². The van der Waals surface area contributed by atoms with Crippen molar-refractivity contribution in [1.29, 1.82) is 0 Å². The molecule has 2 aromatic heterocycles. The molecular formula is C31H52N8O5. The van der Waals surface area contributed by atoms with Gasteiger partial charge in [0.2, 0.25) is 5.91 Å². The van der Waals surface area contributed by atoms with E-state index < -0.39 is 6.09 Å². The molecule has 2 aromatic rings. The number of unbranched alkanes of at least 4 members (excludes halogenated alkanes) is 4. The highest BCUT2D eigenvalue weighted by atomic mass is 16.5. The molecule has 0 spiro atoms. The molecule has 13 nitrogen and oxygen atoms in total. The van der Waals surface area contributed by atoms with Gasteiger partial charge in [-0.3, -0.25) is 9.48 Å². The Morgan fingerprint density at radius 1 is 0.955 bits per heavy atom. The molecule has 3 unspecified atom stereocenters. The summed E-state index contributed by atoms with van der Waals surface area (Å²) in [5.74, 6) is 1.60. The summed E-state index contributed by atoms with van der Waals surface area (Å²) in [6.45, 7) is 5.86. The van der Waals surface area contributed by atoms with E-state index >= 15 is 0 Å². The number of aliphatic hydroxyl groups is 1. The van der Waals surface area contributed by atoms with E-state index in [4.69, 9.17) is 14.6 Å². The number of nitrogens with zero attached hydrogens (tertiary/aromatic N) is 6. The van der Waals surface area contributed by atoms with Gasteiger partial charge in [-0.1, -0.05) is 43.0 Å². The largest absolute Gasteiger partial charge is 0.449 e. The minimum absolute atomic E-state index is 0.0302. The monoisotopic (exact) mass is 616 g/mol. The fourth-order valence-corrected chi connectivity index (χ4v) is 6.28. The van der Waals surface area contributed by atoms with Crippen LogP contribution in [0.2, 0.25) is 0 Å². The van der Waals surface area contributed by atoms with Gasteiger partial charge in [0.1, 0.15) is 0 Å². The van der Waals surface area contributed by atoms with Crippen molar-refractivity contribution < 1.29 is 24.2 Å². The summed E-state index contributed by atoms with van der Waals surface area (Å²) in [6, 6.07) is 0. The Balaban J connectivity index is 1.06. The van der Waals surface area contributed by atoms with Crippen molar-refractivity contribution in [3.05, 3.63) is 23.3 Å². The van der Waals surface area contributed by atoms with Gasteiger partial charge in [0.05, 0.1) is 43.5 Å². The summed E-state index contributed by atoms with van der Waals surface area (Å²) in [7, 11) is 0. The molecule has 2 heterocycles. The van der Waals surface area contributed by atoms with Crippen LogP contribution in [0.5, 0.6) is 0 Å². The van der Waals surface area contributed by atoms with Crippen LogP contribution in [0.3, 0.4) is 0 Å². The lowest BCUT2D eigenvalue weighted by atomic mass is 10.0. The predicted octanol–water partition coefficient (Wildman–Crippen LogP) is 2.85. The van der Waals surface area contributed by atoms with E-state index in [9.17, 15) is 9.59 Å². The molecule has 2 aliphatic carbocycles. The highest BCUT2D eigenvalue weighted by Crippen LogP contribution is 2.52. The van der Waals surface area contributed by atoms with Crippen molar-refractivity contribution in [3.8, 4) is 0 Å².